The van der Waals surface area contributed by atoms with Crippen molar-refractivity contribution in [1.82, 2.24) is 0 Å². The molecule has 0 radical (unpaired) electrons. The van der Waals surface area contributed by atoms with E-state index in [0.717, 1.165) is 11.8 Å². The summed E-state index contributed by atoms with van der Waals surface area (Å²) in [6.07, 6.45) is 5.50. The fraction of sp³-hybridized carbons (Fsp3) is 0.429. The van der Waals surface area contributed by atoms with Crippen molar-refractivity contribution in [2.45, 2.75) is 51.4 Å². The van der Waals surface area contributed by atoms with Gasteiger partial charge in [-0.05, 0) is 86.3 Å². The van der Waals surface area contributed by atoms with Crippen molar-refractivity contribution in [2.75, 3.05) is 11.9 Å². The highest BCUT2D eigenvalue weighted by atomic mass is 15.1. The molecule has 0 aliphatic heterocycles. The monoisotopic (exact) mass is 291 g/mol. The van der Waals surface area contributed by atoms with E-state index < -0.39 is 0 Å². The van der Waals surface area contributed by atoms with E-state index >= 15 is 0 Å². The lowest BCUT2D eigenvalue weighted by atomic mass is 10.0. The Hall–Kier alpha value is -1.76. The minimum absolute atomic E-state index is 0.824. The first-order valence-corrected chi connectivity index (χ1v) is 8.57. The quantitative estimate of drug-likeness (QED) is 0.685. The van der Waals surface area contributed by atoms with Crippen LogP contribution >= 0.6 is 0 Å². The van der Waals surface area contributed by atoms with Gasteiger partial charge in [0.1, 0.15) is 0 Å². The maximum atomic E-state index is 2.48. The van der Waals surface area contributed by atoms with E-state index in [9.17, 15) is 0 Å². The third-order valence-electron chi connectivity index (χ3n) is 5.16. The van der Waals surface area contributed by atoms with Gasteiger partial charge < -0.3 is 4.90 Å². The molecule has 4 rings (SSSR count). The molecule has 0 heterocycles. The first-order valence-electron chi connectivity index (χ1n) is 8.57. The predicted molar refractivity (Wildman–Crippen MR) is 94.4 cm³/mol. The molecule has 0 spiro atoms. The van der Waals surface area contributed by atoms with Crippen LogP contribution in [0.15, 0.2) is 36.4 Å². The van der Waals surface area contributed by atoms with Crippen molar-refractivity contribution in [3.8, 4) is 0 Å². The number of benzene rings is 2. The zero-order valence-corrected chi connectivity index (χ0v) is 13.9. The summed E-state index contributed by atoms with van der Waals surface area (Å²) in [5.74, 6) is 1.65. The van der Waals surface area contributed by atoms with Crippen molar-refractivity contribution < 1.29 is 0 Å². The van der Waals surface area contributed by atoms with Gasteiger partial charge in [0.05, 0.1) is 0 Å². The summed E-state index contributed by atoms with van der Waals surface area (Å²) >= 11 is 0. The van der Waals surface area contributed by atoms with Crippen LogP contribution in [0.2, 0.25) is 0 Å². The smallest absolute Gasteiger partial charge is 0.0437 e. The highest BCUT2D eigenvalue weighted by Crippen LogP contribution is 2.47. The first-order chi connectivity index (χ1) is 10.6. The van der Waals surface area contributed by atoms with Crippen molar-refractivity contribution in [3.63, 3.8) is 0 Å². The summed E-state index contributed by atoms with van der Waals surface area (Å²) in [4.78, 5) is 2.37. The van der Waals surface area contributed by atoms with Crippen LogP contribution in [-0.2, 0) is 0 Å². The number of anilines is 2. The number of rotatable bonds is 4. The van der Waals surface area contributed by atoms with Crippen LogP contribution in [-0.4, -0.2) is 7.05 Å². The van der Waals surface area contributed by atoms with Gasteiger partial charge in [-0.25, -0.2) is 0 Å². The molecule has 0 saturated heterocycles. The molecule has 0 N–H and O–H groups in total. The summed E-state index contributed by atoms with van der Waals surface area (Å²) < 4.78 is 0. The SMILES string of the molecule is Cc1ccc(N(C)c2cc(C3CC3)cc(C3CC3)c2)c(C)c1. The third kappa shape index (κ3) is 2.65. The van der Waals surface area contributed by atoms with Gasteiger partial charge in [0.15, 0.2) is 0 Å². The lowest BCUT2D eigenvalue weighted by Crippen LogP contribution is -2.11. The topological polar surface area (TPSA) is 3.24 Å². The van der Waals surface area contributed by atoms with Crippen molar-refractivity contribution in [1.29, 1.82) is 0 Å². The van der Waals surface area contributed by atoms with E-state index in [2.05, 4.69) is 62.2 Å². The van der Waals surface area contributed by atoms with Gasteiger partial charge in [-0.1, -0.05) is 23.8 Å². The van der Waals surface area contributed by atoms with E-state index in [-0.39, 0.29) is 0 Å². The molecule has 0 aromatic heterocycles. The zero-order chi connectivity index (χ0) is 15.3. The molecule has 0 amide bonds. The molecule has 1 nitrogen and oxygen atoms in total. The van der Waals surface area contributed by atoms with Gasteiger partial charge >= 0.3 is 0 Å². The van der Waals surface area contributed by atoms with Crippen LogP contribution in [0.25, 0.3) is 0 Å². The summed E-state index contributed by atoms with van der Waals surface area (Å²) in [5, 5.41) is 0. The van der Waals surface area contributed by atoms with Crippen LogP contribution < -0.4 is 4.90 Å². The molecule has 114 valence electrons. The molecule has 2 aliphatic rings. The van der Waals surface area contributed by atoms with Gasteiger partial charge in [0.25, 0.3) is 0 Å². The minimum Gasteiger partial charge on any atom is -0.344 e. The van der Waals surface area contributed by atoms with Gasteiger partial charge in [-0.2, -0.15) is 0 Å². The molecule has 22 heavy (non-hydrogen) atoms. The molecule has 2 fully saturated rings. The van der Waals surface area contributed by atoms with Gasteiger partial charge in [0.2, 0.25) is 0 Å². The average molecular weight is 291 g/mol. The largest absolute Gasteiger partial charge is 0.344 e. The van der Waals surface area contributed by atoms with E-state index in [1.165, 1.54) is 48.2 Å². The van der Waals surface area contributed by atoms with E-state index in [0.29, 0.717) is 0 Å². The summed E-state index contributed by atoms with van der Waals surface area (Å²) in [5.41, 5.74) is 8.50. The van der Waals surface area contributed by atoms with E-state index in [1.54, 1.807) is 11.1 Å². The second kappa shape index (κ2) is 5.15. The van der Waals surface area contributed by atoms with Crippen LogP contribution in [0.4, 0.5) is 11.4 Å². The van der Waals surface area contributed by atoms with E-state index in [1.807, 2.05) is 0 Å². The predicted octanol–water partition coefficient (Wildman–Crippen LogP) is 5.83. The Labute approximate surface area is 134 Å². The normalized spacial score (nSPS) is 17.6. The van der Waals surface area contributed by atoms with Gasteiger partial charge in [-0.3, -0.25) is 0 Å². The molecule has 0 bridgehead atoms. The van der Waals surface area contributed by atoms with Crippen LogP contribution in [0, 0.1) is 13.8 Å². The lowest BCUT2D eigenvalue weighted by Gasteiger charge is -2.23. The molecule has 2 saturated carbocycles. The first kappa shape index (κ1) is 13.9. The van der Waals surface area contributed by atoms with Crippen molar-refractivity contribution >= 4 is 11.4 Å². The molecular formula is C21H25N. The summed E-state index contributed by atoms with van der Waals surface area (Å²) in [6, 6.07) is 14.1. The fourth-order valence-corrected chi connectivity index (χ4v) is 3.48. The van der Waals surface area contributed by atoms with Gasteiger partial charge in [0, 0.05) is 18.4 Å². The van der Waals surface area contributed by atoms with Crippen LogP contribution in [0.3, 0.4) is 0 Å². The number of aryl methyl sites for hydroxylation is 2. The third-order valence-corrected chi connectivity index (χ3v) is 5.16. The highest BCUT2D eigenvalue weighted by molar-refractivity contribution is 5.67. The molecule has 2 aromatic rings. The number of hydrogen-bond acceptors (Lipinski definition) is 1. The zero-order valence-electron chi connectivity index (χ0n) is 13.9. The van der Waals surface area contributed by atoms with E-state index in [4.69, 9.17) is 0 Å². The van der Waals surface area contributed by atoms with Gasteiger partial charge in [-0.15, -0.1) is 0 Å². The molecule has 0 unspecified atom stereocenters. The lowest BCUT2D eigenvalue weighted by molar-refractivity contribution is 1.06. The Morgan fingerprint density at radius 2 is 1.41 bits per heavy atom. The second-order valence-electron chi connectivity index (χ2n) is 7.26. The number of nitrogens with zero attached hydrogens (tertiary/aromatic N) is 1. The molecular weight excluding hydrogens is 266 g/mol. The van der Waals surface area contributed by atoms with Crippen LogP contribution in [0.5, 0.6) is 0 Å². The second-order valence-corrected chi connectivity index (χ2v) is 7.26. The maximum Gasteiger partial charge on any atom is 0.0437 e. The van der Waals surface area contributed by atoms with Crippen LogP contribution in [0.1, 0.15) is 59.8 Å². The highest BCUT2D eigenvalue weighted by Gasteiger charge is 2.29. The Morgan fingerprint density at radius 1 is 0.818 bits per heavy atom. The molecule has 2 aliphatic carbocycles. The fourth-order valence-electron chi connectivity index (χ4n) is 3.48. The molecule has 1 heteroatoms. The summed E-state index contributed by atoms with van der Waals surface area (Å²) in [6.45, 7) is 4.38. The number of hydrogen-bond donors (Lipinski definition) is 0. The molecule has 0 atom stereocenters. The maximum absolute atomic E-state index is 2.48. The molecule has 2 aromatic carbocycles. The minimum atomic E-state index is 0.824. The summed E-state index contributed by atoms with van der Waals surface area (Å²) in [7, 11) is 2.21. The Balaban J connectivity index is 1.73. The Bertz CT molecular complexity index is 678. The van der Waals surface area contributed by atoms with Crippen molar-refractivity contribution in [2.24, 2.45) is 0 Å². The Morgan fingerprint density at radius 3 is 1.91 bits per heavy atom. The standard InChI is InChI=1S/C21H25N/c1-14-4-9-21(15(2)10-14)22(3)20-12-18(16-5-6-16)11-19(13-20)17-7-8-17/h4,9-13,16-17H,5-8H2,1-3H3. The Kier molecular flexibility index (Phi) is 3.25. The average Bonchev–Trinajstić information content (AvgIpc) is 3.39. The van der Waals surface area contributed by atoms with Crippen molar-refractivity contribution in [3.05, 3.63) is 58.7 Å².